The Kier molecular flexibility index (Phi) is 3.55. The maximum absolute atomic E-state index is 11.1. The van der Waals surface area contributed by atoms with Crippen LogP contribution < -0.4 is 0 Å². The first-order valence-electron chi connectivity index (χ1n) is 7.22. The predicted octanol–water partition coefficient (Wildman–Crippen LogP) is 1.17. The van der Waals surface area contributed by atoms with E-state index in [1.54, 1.807) is 0 Å². The molecule has 0 spiro atoms. The Hall–Kier alpha value is -1.36. The van der Waals surface area contributed by atoms with Gasteiger partial charge in [-0.3, -0.25) is 4.79 Å². The Bertz CT molecular complexity index is 463. The van der Waals surface area contributed by atoms with E-state index in [0.29, 0.717) is 6.54 Å². The van der Waals surface area contributed by atoms with Crippen molar-refractivity contribution in [1.82, 2.24) is 14.5 Å². The molecule has 0 amide bonds. The SMILES string of the molecule is O=C(O)C1CCc2cnc(CCN3CCCC3)n2C1. The van der Waals surface area contributed by atoms with Crippen molar-refractivity contribution in [3.63, 3.8) is 0 Å². The minimum Gasteiger partial charge on any atom is -0.481 e. The van der Waals surface area contributed by atoms with E-state index in [0.717, 1.165) is 31.6 Å². The zero-order chi connectivity index (χ0) is 13.2. The number of aliphatic carboxylic acids is 1. The fourth-order valence-corrected chi connectivity index (χ4v) is 3.18. The molecule has 1 atom stereocenters. The Morgan fingerprint density at radius 3 is 2.95 bits per heavy atom. The highest BCUT2D eigenvalue weighted by Crippen LogP contribution is 2.22. The van der Waals surface area contributed by atoms with E-state index in [1.807, 2.05) is 6.20 Å². The van der Waals surface area contributed by atoms with Crippen LogP contribution in [0.3, 0.4) is 0 Å². The standard InChI is InChI=1S/C14H21N3O2/c18-14(19)11-3-4-12-9-15-13(17(12)10-11)5-8-16-6-1-2-7-16/h9,11H,1-8,10H2,(H,18,19). The Balaban J connectivity index is 1.66. The summed E-state index contributed by atoms with van der Waals surface area (Å²) in [5, 5.41) is 9.15. The normalized spacial score (nSPS) is 23.5. The van der Waals surface area contributed by atoms with Gasteiger partial charge in [0.05, 0.1) is 5.92 Å². The lowest BCUT2D eigenvalue weighted by molar-refractivity contribution is -0.142. The lowest BCUT2D eigenvalue weighted by Gasteiger charge is -2.23. The van der Waals surface area contributed by atoms with Gasteiger partial charge in [0.2, 0.25) is 0 Å². The van der Waals surface area contributed by atoms with Gasteiger partial charge in [0.15, 0.2) is 0 Å². The number of carboxylic acids is 1. The maximum atomic E-state index is 11.1. The van der Waals surface area contributed by atoms with Crippen LogP contribution in [-0.2, 0) is 24.2 Å². The second-order valence-corrected chi connectivity index (χ2v) is 5.65. The number of rotatable bonds is 4. The number of aryl methyl sites for hydroxylation is 1. The van der Waals surface area contributed by atoms with Crippen molar-refractivity contribution in [3.8, 4) is 0 Å². The highest BCUT2D eigenvalue weighted by molar-refractivity contribution is 5.70. The second-order valence-electron chi connectivity index (χ2n) is 5.65. The van der Waals surface area contributed by atoms with E-state index in [4.69, 9.17) is 5.11 Å². The summed E-state index contributed by atoms with van der Waals surface area (Å²) in [5.74, 6) is 0.143. The molecule has 1 aromatic rings. The van der Waals surface area contributed by atoms with Crippen LogP contribution in [0.1, 0.15) is 30.8 Å². The third-order valence-corrected chi connectivity index (χ3v) is 4.37. The Morgan fingerprint density at radius 2 is 2.21 bits per heavy atom. The van der Waals surface area contributed by atoms with Crippen LogP contribution in [0, 0.1) is 5.92 Å². The number of aromatic nitrogens is 2. The molecular formula is C14H21N3O2. The molecule has 2 aliphatic heterocycles. The van der Waals surface area contributed by atoms with Gasteiger partial charge in [0, 0.05) is 31.4 Å². The fraction of sp³-hybridized carbons (Fsp3) is 0.714. The molecule has 0 aliphatic carbocycles. The lowest BCUT2D eigenvalue weighted by atomic mass is 9.98. The van der Waals surface area contributed by atoms with Crippen molar-refractivity contribution < 1.29 is 9.90 Å². The molecule has 0 aromatic carbocycles. The van der Waals surface area contributed by atoms with Crippen LogP contribution in [0.15, 0.2) is 6.20 Å². The van der Waals surface area contributed by atoms with Gasteiger partial charge in [-0.15, -0.1) is 0 Å². The zero-order valence-corrected chi connectivity index (χ0v) is 11.2. The van der Waals surface area contributed by atoms with Crippen LogP contribution in [0.4, 0.5) is 0 Å². The number of carboxylic acid groups (broad SMARTS) is 1. The van der Waals surface area contributed by atoms with E-state index in [2.05, 4.69) is 14.5 Å². The van der Waals surface area contributed by atoms with Gasteiger partial charge in [0.1, 0.15) is 5.82 Å². The van der Waals surface area contributed by atoms with Crippen molar-refractivity contribution in [2.75, 3.05) is 19.6 Å². The largest absolute Gasteiger partial charge is 0.481 e. The molecule has 1 aromatic heterocycles. The van der Waals surface area contributed by atoms with Crippen molar-refractivity contribution in [2.45, 2.75) is 38.6 Å². The monoisotopic (exact) mass is 263 g/mol. The summed E-state index contributed by atoms with van der Waals surface area (Å²) in [6.07, 6.45) is 7.06. The van der Waals surface area contributed by atoms with Gasteiger partial charge < -0.3 is 14.6 Å². The van der Waals surface area contributed by atoms with Gasteiger partial charge >= 0.3 is 5.97 Å². The number of likely N-dealkylation sites (tertiary alicyclic amines) is 1. The van der Waals surface area contributed by atoms with Crippen LogP contribution in [-0.4, -0.2) is 45.2 Å². The van der Waals surface area contributed by atoms with Gasteiger partial charge in [-0.05, 0) is 38.8 Å². The van der Waals surface area contributed by atoms with E-state index in [1.165, 1.54) is 31.6 Å². The van der Waals surface area contributed by atoms with Crippen LogP contribution >= 0.6 is 0 Å². The van der Waals surface area contributed by atoms with Crippen molar-refractivity contribution >= 4 is 5.97 Å². The molecule has 1 N–H and O–H groups in total. The molecule has 1 unspecified atom stereocenters. The number of carbonyl (C=O) groups is 1. The van der Waals surface area contributed by atoms with E-state index >= 15 is 0 Å². The van der Waals surface area contributed by atoms with Gasteiger partial charge in [-0.25, -0.2) is 4.98 Å². The molecule has 5 nitrogen and oxygen atoms in total. The minimum atomic E-state index is -0.676. The first-order valence-corrected chi connectivity index (χ1v) is 7.22. The number of hydrogen-bond donors (Lipinski definition) is 1. The molecule has 19 heavy (non-hydrogen) atoms. The van der Waals surface area contributed by atoms with Crippen molar-refractivity contribution in [1.29, 1.82) is 0 Å². The number of hydrogen-bond acceptors (Lipinski definition) is 3. The average molecular weight is 263 g/mol. The lowest BCUT2D eigenvalue weighted by Crippen LogP contribution is -2.28. The molecule has 1 saturated heterocycles. The molecule has 3 heterocycles. The summed E-state index contributed by atoms with van der Waals surface area (Å²) < 4.78 is 2.14. The second kappa shape index (κ2) is 5.33. The Morgan fingerprint density at radius 1 is 1.42 bits per heavy atom. The van der Waals surface area contributed by atoms with E-state index < -0.39 is 5.97 Å². The first-order chi connectivity index (χ1) is 9.24. The summed E-state index contributed by atoms with van der Waals surface area (Å²) in [7, 11) is 0. The molecular weight excluding hydrogens is 242 g/mol. The topological polar surface area (TPSA) is 58.4 Å². The molecule has 0 bridgehead atoms. The fourth-order valence-electron chi connectivity index (χ4n) is 3.18. The summed E-state index contributed by atoms with van der Waals surface area (Å²) >= 11 is 0. The molecule has 3 rings (SSSR count). The van der Waals surface area contributed by atoms with Crippen LogP contribution in [0.25, 0.3) is 0 Å². The molecule has 1 fully saturated rings. The maximum Gasteiger partial charge on any atom is 0.308 e. The highest BCUT2D eigenvalue weighted by Gasteiger charge is 2.26. The third-order valence-electron chi connectivity index (χ3n) is 4.37. The first kappa shape index (κ1) is 12.7. The average Bonchev–Trinajstić information content (AvgIpc) is 3.05. The summed E-state index contributed by atoms with van der Waals surface area (Å²) in [5.41, 5.74) is 1.20. The smallest absolute Gasteiger partial charge is 0.308 e. The number of imidazole rings is 1. The van der Waals surface area contributed by atoms with Crippen molar-refractivity contribution in [3.05, 3.63) is 17.7 Å². The van der Waals surface area contributed by atoms with Crippen LogP contribution in [0.5, 0.6) is 0 Å². The van der Waals surface area contributed by atoms with Gasteiger partial charge in [-0.2, -0.15) is 0 Å². The number of nitrogens with zero attached hydrogens (tertiary/aromatic N) is 3. The van der Waals surface area contributed by atoms with Crippen molar-refractivity contribution in [2.24, 2.45) is 5.92 Å². The number of fused-ring (bicyclic) bond motifs is 1. The molecule has 2 aliphatic rings. The third kappa shape index (κ3) is 2.66. The molecule has 0 radical (unpaired) electrons. The summed E-state index contributed by atoms with van der Waals surface area (Å²) in [6.45, 7) is 4.05. The van der Waals surface area contributed by atoms with Gasteiger partial charge in [-0.1, -0.05) is 0 Å². The summed E-state index contributed by atoms with van der Waals surface area (Å²) in [6, 6.07) is 0. The quantitative estimate of drug-likeness (QED) is 0.886. The molecule has 0 saturated carbocycles. The van der Waals surface area contributed by atoms with E-state index in [-0.39, 0.29) is 5.92 Å². The predicted molar refractivity (Wildman–Crippen MR) is 71.1 cm³/mol. The molecule has 104 valence electrons. The molecule has 5 heteroatoms. The Labute approximate surface area is 113 Å². The van der Waals surface area contributed by atoms with Gasteiger partial charge in [0.25, 0.3) is 0 Å². The van der Waals surface area contributed by atoms with Crippen LogP contribution in [0.2, 0.25) is 0 Å². The zero-order valence-electron chi connectivity index (χ0n) is 11.2. The van der Waals surface area contributed by atoms with E-state index in [9.17, 15) is 4.79 Å². The minimum absolute atomic E-state index is 0.243. The summed E-state index contributed by atoms with van der Waals surface area (Å²) in [4.78, 5) is 18.1. The highest BCUT2D eigenvalue weighted by atomic mass is 16.4.